The highest BCUT2D eigenvalue weighted by atomic mass is 32.2. The number of nitrogens with one attached hydrogen (secondary N) is 1. The van der Waals surface area contributed by atoms with Crippen LogP contribution in [0.25, 0.3) is 0 Å². The van der Waals surface area contributed by atoms with Crippen molar-refractivity contribution >= 4 is 22.1 Å². The van der Waals surface area contributed by atoms with Gasteiger partial charge in [0.2, 0.25) is 10.0 Å². The van der Waals surface area contributed by atoms with Crippen LogP contribution in [0.2, 0.25) is 0 Å². The second kappa shape index (κ2) is 5.17. The van der Waals surface area contributed by atoms with Gasteiger partial charge in [0.25, 0.3) is 0 Å². The van der Waals surface area contributed by atoms with Crippen molar-refractivity contribution in [2.45, 2.75) is 13.3 Å². The van der Waals surface area contributed by atoms with E-state index in [9.17, 15) is 22.0 Å². The number of carbonyl (C=O) groups is 1. The van der Waals surface area contributed by atoms with E-state index in [-0.39, 0.29) is 12.0 Å². The first-order chi connectivity index (χ1) is 7.91. The summed E-state index contributed by atoms with van der Waals surface area (Å²) in [6.45, 7) is 1.63. The minimum absolute atomic E-state index is 0.0377. The van der Waals surface area contributed by atoms with E-state index in [0.717, 1.165) is 0 Å². The van der Waals surface area contributed by atoms with Crippen LogP contribution in [0.4, 0.5) is 14.6 Å². The average Bonchev–Trinajstić information content (AvgIpc) is 2.23. The molecule has 0 unspecified atom stereocenters. The van der Waals surface area contributed by atoms with Gasteiger partial charge in [0.15, 0.2) is 23.7 Å². The first-order valence-corrected chi connectivity index (χ1v) is 6.36. The summed E-state index contributed by atoms with van der Waals surface area (Å²) >= 11 is 0. The number of aromatic nitrogens is 1. The molecule has 1 aromatic heterocycles. The van der Waals surface area contributed by atoms with Crippen molar-refractivity contribution in [2.24, 2.45) is 0 Å². The number of nitrogens with zero attached hydrogens (tertiary/aromatic N) is 1. The van der Waals surface area contributed by atoms with Gasteiger partial charge in [-0.05, 0) is 6.42 Å². The molecule has 5 nitrogen and oxygen atoms in total. The zero-order chi connectivity index (χ0) is 13.1. The van der Waals surface area contributed by atoms with Gasteiger partial charge in [-0.15, -0.1) is 0 Å². The summed E-state index contributed by atoms with van der Waals surface area (Å²) in [6.07, 6.45) is 0.874. The van der Waals surface area contributed by atoms with E-state index in [2.05, 4.69) is 4.98 Å². The Balaban J connectivity index is 3.13. The first kappa shape index (κ1) is 13.5. The molecule has 1 N–H and O–H groups in total. The number of pyridine rings is 1. The molecule has 0 fully saturated rings. The lowest BCUT2D eigenvalue weighted by Gasteiger charge is -2.08. The molecule has 8 heteroatoms. The van der Waals surface area contributed by atoms with Crippen LogP contribution < -0.4 is 4.72 Å². The second-order valence-electron chi connectivity index (χ2n) is 3.22. The summed E-state index contributed by atoms with van der Waals surface area (Å²) in [5.74, 6) is -3.36. The van der Waals surface area contributed by atoms with Gasteiger partial charge in [0.05, 0.1) is 17.5 Å². The zero-order valence-electron chi connectivity index (χ0n) is 8.91. The molecular formula is C9H10F2N2O3S. The Morgan fingerprint density at radius 3 is 2.65 bits per heavy atom. The molecule has 17 heavy (non-hydrogen) atoms. The quantitative estimate of drug-likeness (QED) is 0.814. The molecule has 0 aliphatic carbocycles. The van der Waals surface area contributed by atoms with Crippen molar-refractivity contribution in [2.75, 3.05) is 10.5 Å². The Morgan fingerprint density at radius 1 is 1.47 bits per heavy atom. The Morgan fingerprint density at radius 2 is 2.12 bits per heavy atom. The zero-order valence-corrected chi connectivity index (χ0v) is 9.72. The monoisotopic (exact) mass is 264 g/mol. The molecule has 0 aliphatic rings. The lowest BCUT2D eigenvalue weighted by Crippen LogP contribution is -2.18. The summed E-state index contributed by atoms with van der Waals surface area (Å²) < 4.78 is 50.9. The highest BCUT2D eigenvalue weighted by Crippen LogP contribution is 2.17. The maximum Gasteiger partial charge on any atom is 0.233 e. The summed E-state index contributed by atoms with van der Waals surface area (Å²) in [5.41, 5.74) is -0.853. The summed E-state index contributed by atoms with van der Waals surface area (Å²) in [4.78, 5) is 13.7. The number of rotatable bonds is 5. The minimum Gasteiger partial charge on any atom is -0.298 e. The lowest BCUT2D eigenvalue weighted by molar-refractivity contribution is 0.111. The first-order valence-electron chi connectivity index (χ1n) is 4.71. The van der Waals surface area contributed by atoms with Crippen molar-refractivity contribution in [3.05, 3.63) is 23.4 Å². The summed E-state index contributed by atoms with van der Waals surface area (Å²) in [7, 11) is -3.74. The number of hydrogen-bond donors (Lipinski definition) is 1. The van der Waals surface area contributed by atoms with Crippen molar-refractivity contribution in [1.29, 1.82) is 0 Å². The molecule has 0 atom stereocenters. The van der Waals surface area contributed by atoms with Gasteiger partial charge in [-0.25, -0.2) is 22.2 Å². The fraction of sp³-hybridized carbons (Fsp3) is 0.333. The maximum atomic E-state index is 13.4. The predicted octanol–water partition coefficient (Wildman–Crippen LogP) is 1.32. The molecule has 0 spiro atoms. The largest absolute Gasteiger partial charge is 0.298 e. The van der Waals surface area contributed by atoms with Gasteiger partial charge >= 0.3 is 0 Å². The normalized spacial score (nSPS) is 11.2. The van der Waals surface area contributed by atoms with Crippen LogP contribution in [-0.2, 0) is 10.0 Å². The highest BCUT2D eigenvalue weighted by molar-refractivity contribution is 7.92. The third-order valence-corrected chi connectivity index (χ3v) is 3.30. The standard InChI is InChI=1S/C9H10F2N2O3S/c1-2-3-17(15,16)13-9-8(11)6(5-14)7(10)4-12-9/h4-5H,2-3H2,1H3,(H,12,13). The molecule has 0 radical (unpaired) electrons. The smallest absolute Gasteiger partial charge is 0.233 e. The van der Waals surface area contributed by atoms with E-state index < -0.39 is 33.0 Å². The minimum atomic E-state index is -3.74. The van der Waals surface area contributed by atoms with Gasteiger partial charge in [0, 0.05) is 0 Å². The Kier molecular flexibility index (Phi) is 4.11. The third-order valence-electron chi connectivity index (χ3n) is 1.85. The Bertz CT molecular complexity index is 531. The molecule has 1 heterocycles. The Hall–Kier alpha value is -1.57. The van der Waals surface area contributed by atoms with Gasteiger partial charge < -0.3 is 0 Å². The lowest BCUT2D eigenvalue weighted by atomic mass is 10.2. The van der Waals surface area contributed by atoms with E-state index in [1.54, 1.807) is 6.92 Å². The van der Waals surface area contributed by atoms with Crippen molar-refractivity contribution in [1.82, 2.24) is 4.98 Å². The van der Waals surface area contributed by atoms with Crippen LogP contribution in [0, 0.1) is 11.6 Å². The van der Waals surface area contributed by atoms with Gasteiger partial charge in [-0.3, -0.25) is 9.52 Å². The summed E-state index contributed by atoms with van der Waals surface area (Å²) in [5, 5.41) is 0. The SMILES string of the molecule is CCCS(=O)(=O)Nc1ncc(F)c(C=O)c1F. The maximum absolute atomic E-state index is 13.4. The molecule has 0 bridgehead atoms. The number of halogens is 2. The van der Waals surface area contributed by atoms with Gasteiger partial charge in [-0.2, -0.15) is 0 Å². The van der Waals surface area contributed by atoms with E-state index >= 15 is 0 Å². The van der Waals surface area contributed by atoms with Crippen LogP contribution in [0.15, 0.2) is 6.20 Å². The molecule has 0 saturated carbocycles. The van der Waals surface area contributed by atoms with Crippen molar-refractivity contribution < 1.29 is 22.0 Å². The van der Waals surface area contributed by atoms with Crippen molar-refractivity contribution in [3.8, 4) is 0 Å². The fourth-order valence-electron chi connectivity index (χ4n) is 1.13. The molecular weight excluding hydrogens is 254 g/mol. The third kappa shape index (κ3) is 3.19. The number of sulfonamides is 1. The molecule has 1 aromatic rings. The van der Waals surface area contributed by atoms with Gasteiger partial charge in [-0.1, -0.05) is 6.92 Å². The van der Waals surface area contributed by atoms with Crippen LogP contribution >= 0.6 is 0 Å². The van der Waals surface area contributed by atoms with Crippen LogP contribution in [0.3, 0.4) is 0 Å². The number of aldehydes is 1. The molecule has 1 rings (SSSR count). The van der Waals surface area contributed by atoms with Crippen LogP contribution in [0.5, 0.6) is 0 Å². The number of hydrogen-bond acceptors (Lipinski definition) is 4. The fourth-order valence-corrected chi connectivity index (χ4v) is 2.20. The van der Waals surface area contributed by atoms with Crippen molar-refractivity contribution in [3.63, 3.8) is 0 Å². The van der Waals surface area contributed by atoms with E-state index in [1.807, 2.05) is 4.72 Å². The average molecular weight is 264 g/mol. The van der Waals surface area contributed by atoms with E-state index in [4.69, 9.17) is 0 Å². The molecule has 0 amide bonds. The molecule has 0 aliphatic heterocycles. The Labute approximate surface area is 96.9 Å². The van der Waals surface area contributed by atoms with Crippen LogP contribution in [0.1, 0.15) is 23.7 Å². The number of anilines is 1. The second-order valence-corrected chi connectivity index (χ2v) is 5.06. The number of carbonyl (C=O) groups excluding carboxylic acids is 1. The predicted molar refractivity (Wildman–Crippen MR) is 57.2 cm³/mol. The summed E-state index contributed by atoms with van der Waals surface area (Å²) in [6, 6.07) is 0. The van der Waals surface area contributed by atoms with E-state index in [0.29, 0.717) is 12.6 Å². The molecule has 94 valence electrons. The van der Waals surface area contributed by atoms with Gasteiger partial charge in [0.1, 0.15) is 0 Å². The van der Waals surface area contributed by atoms with E-state index in [1.165, 1.54) is 0 Å². The van der Waals surface area contributed by atoms with Crippen LogP contribution in [-0.4, -0.2) is 25.4 Å². The molecule has 0 saturated heterocycles. The molecule has 0 aromatic carbocycles. The topological polar surface area (TPSA) is 76.1 Å². The highest BCUT2D eigenvalue weighted by Gasteiger charge is 2.18.